The molecule has 0 bridgehead atoms. The SMILES string of the molecule is CCOC(=O)Nc1cc(Nc2ncc(C)c(Cl)n2)ccc1C=N. The number of nitrogens with one attached hydrogen (secondary N) is 3. The van der Waals surface area contributed by atoms with Gasteiger partial charge in [0, 0.05) is 29.2 Å². The highest BCUT2D eigenvalue weighted by Gasteiger charge is 2.08. The van der Waals surface area contributed by atoms with Gasteiger partial charge in [-0.05, 0) is 32.0 Å². The van der Waals surface area contributed by atoms with Crippen molar-refractivity contribution >= 4 is 41.2 Å². The number of anilines is 3. The van der Waals surface area contributed by atoms with E-state index < -0.39 is 6.09 Å². The molecule has 2 aromatic rings. The lowest BCUT2D eigenvalue weighted by atomic mass is 10.1. The smallest absolute Gasteiger partial charge is 0.411 e. The van der Waals surface area contributed by atoms with Crippen LogP contribution in [0.5, 0.6) is 0 Å². The lowest BCUT2D eigenvalue weighted by Gasteiger charge is -2.11. The first-order chi connectivity index (χ1) is 11.0. The molecule has 0 aliphatic heterocycles. The van der Waals surface area contributed by atoms with Crippen molar-refractivity contribution in [3.8, 4) is 0 Å². The second kappa shape index (κ2) is 7.55. The average molecular weight is 334 g/mol. The van der Waals surface area contributed by atoms with Crippen molar-refractivity contribution in [3.63, 3.8) is 0 Å². The van der Waals surface area contributed by atoms with Gasteiger partial charge in [0.15, 0.2) is 0 Å². The summed E-state index contributed by atoms with van der Waals surface area (Å²) in [5.74, 6) is 0.338. The predicted octanol–water partition coefficient (Wildman–Crippen LogP) is 3.75. The number of nitrogens with zero attached hydrogens (tertiary/aromatic N) is 2. The molecule has 23 heavy (non-hydrogen) atoms. The maximum atomic E-state index is 11.6. The van der Waals surface area contributed by atoms with Gasteiger partial charge in [-0.2, -0.15) is 0 Å². The highest BCUT2D eigenvalue weighted by Crippen LogP contribution is 2.23. The van der Waals surface area contributed by atoms with E-state index in [9.17, 15) is 4.79 Å². The van der Waals surface area contributed by atoms with Crippen LogP contribution in [0.15, 0.2) is 24.4 Å². The van der Waals surface area contributed by atoms with Gasteiger partial charge in [-0.25, -0.2) is 14.8 Å². The molecule has 120 valence electrons. The Morgan fingerprint density at radius 1 is 1.48 bits per heavy atom. The molecular formula is C15H16ClN5O2. The number of carbonyl (C=O) groups is 1. The molecule has 0 aliphatic rings. The molecule has 0 spiro atoms. The number of benzene rings is 1. The zero-order valence-electron chi connectivity index (χ0n) is 12.7. The molecule has 2 rings (SSSR count). The number of amides is 1. The second-order valence-electron chi connectivity index (χ2n) is 4.58. The number of rotatable bonds is 5. The summed E-state index contributed by atoms with van der Waals surface area (Å²) in [7, 11) is 0. The molecule has 1 amide bonds. The van der Waals surface area contributed by atoms with Crippen molar-refractivity contribution in [1.82, 2.24) is 9.97 Å². The summed E-state index contributed by atoms with van der Waals surface area (Å²) >= 11 is 5.97. The Hall–Kier alpha value is -2.67. The van der Waals surface area contributed by atoms with Gasteiger partial charge in [-0.1, -0.05) is 11.6 Å². The average Bonchev–Trinajstić information content (AvgIpc) is 2.51. The fraction of sp³-hybridized carbons (Fsp3) is 0.200. The standard InChI is InChI=1S/C15H16ClN5O2/c1-3-23-15(22)20-12-6-11(5-4-10(12)7-17)19-14-18-8-9(2)13(16)21-14/h4-8,17H,3H2,1-2H3,(H,20,22)(H,18,19,21). The number of ether oxygens (including phenoxy) is 1. The van der Waals surface area contributed by atoms with E-state index in [1.54, 1.807) is 31.3 Å². The minimum Gasteiger partial charge on any atom is -0.450 e. The summed E-state index contributed by atoms with van der Waals surface area (Å²) in [5, 5.41) is 13.3. The van der Waals surface area contributed by atoms with Gasteiger partial charge in [-0.15, -0.1) is 0 Å². The number of aromatic nitrogens is 2. The van der Waals surface area contributed by atoms with Crippen LogP contribution in [-0.2, 0) is 4.74 Å². The van der Waals surface area contributed by atoms with Crippen molar-refractivity contribution in [2.24, 2.45) is 0 Å². The number of aryl methyl sites for hydroxylation is 1. The quantitative estimate of drug-likeness (QED) is 0.571. The molecule has 0 atom stereocenters. The van der Waals surface area contributed by atoms with Gasteiger partial charge in [0.2, 0.25) is 5.95 Å². The zero-order chi connectivity index (χ0) is 16.8. The van der Waals surface area contributed by atoms with Crippen LogP contribution >= 0.6 is 11.6 Å². The van der Waals surface area contributed by atoms with E-state index in [1.165, 1.54) is 0 Å². The lowest BCUT2D eigenvalue weighted by Crippen LogP contribution is -2.14. The van der Waals surface area contributed by atoms with E-state index in [0.717, 1.165) is 11.8 Å². The summed E-state index contributed by atoms with van der Waals surface area (Å²) in [5.41, 5.74) is 2.41. The minimum atomic E-state index is -0.581. The highest BCUT2D eigenvalue weighted by atomic mass is 35.5. The summed E-state index contributed by atoms with van der Waals surface area (Å²) in [6, 6.07) is 5.09. The normalized spacial score (nSPS) is 10.0. The third-order valence-electron chi connectivity index (χ3n) is 2.89. The maximum Gasteiger partial charge on any atom is 0.411 e. The van der Waals surface area contributed by atoms with Crippen LogP contribution < -0.4 is 10.6 Å². The summed E-state index contributed by atoms with van der Waals surface area (Å²) in [6.07, 6.45) is 2.17. The highest BCUT2D eigenvalue weighted by molar-refractivity contribution is 6.30. The predicted molar refractivity (Wildman–Crippen MR) is 90.0 cm³/mol. The molecule has 1 heterocycles. The summed E-state index contributed by atoms with van der Waals surface area (Å²) in [4.78, 5) is 19.8. The Morgan fingerprint density at radius 3 is 2.91 bits per heavy atom. The minimum absolute atomic E-state index is 0.263. The Bertz CT molecular complexity index is 736. The van der Waals surface area contributed by atoms with Crippen molar-refractivity contribution < 1.29 is 9.53 Å². The van der Waals surface area contributed by atoms with Crippen molar-refractivity contribution in [2.75, 3.05) is 17.2 Å². The van der Waals surface area contributed by atoms with Crippen LogP contribution in [0.4, 0.5) is 22.1 Å². The Balaban J connectivity index is 2.24. The van der Waals surface area contributed by atoms with E-state index >= 15 is 0 Å². The van der Waals surface area contributed by atoms with Crippen LogP contribution in [0, 0.1) is 12.3 Å². The van der Waals surface area contributed by atoms with Crippen LogP contribution in [-0.4, -0.2) is 28.9 Å². The van der Waals surface area contributed by atoms with Crippen molar-refractivity contribution in [2.45, 2.75) is 13.8 Å². The zero-order valence-corrected chi connectivity index (χ0v) is 13.4. The van der Waals surface area contributed by atoms with Gasteiger partial charge in [-0.3, -0.25) is 5.32 Å². The summed E-state index contributed by atoms with van der Waals surface area (Å²) in [6.45, 7) is 3.79. The third-order valence-corrected chi connectivity index (χ3v) is 3.27. The van der Waals surface area contributed by atoms with E-state index in [2.05, 4.69) is 20.6 Å². The Morgan fingerprint density at radius 2 is 2.26 bits per heavy atom. The number of carbonyl (C=O) groups excluding carboxylic acids is 1. The fourth-order valence-corrected chi connectivity index (χ4v) is 1.88. The topological polar surface area (TPSA) is 100.0 Å². The first-order valence-corrected chi connectivity index (χ1v) is 7.25. The molecule has 0 saturated heterocycles. The molecule has 0 fully saturated rings. The first-order valence-electron chi connectivity index (χ1n) is 6.88. The Labute approximate surface area is 138 Å². The number of hydrogen-bond donors (Lipinski definition) is 3. The Kier molecular flexibility index (Phi) is 5.48. The molecule has 0 unspecified atom stereocenters. The molecule has 0 saturated carbocycles. The number of halogens is 1. The van der Waals surface area contributed by atoms with Gasteiger partial charge < -0.3 is 15.5 Å². The molecule has 0 aliphatic carbocycles. The number of hydrogen-bond acceptors (Lipinski definition) is 6. The largest absolute Gasteiger partial charge is 0.450 e. The third kappa shape index (κ3) is 4.40. The summed E-state index contributed by atoms with van der Waals surface area (Å²) < 4.78 is 4.84. The van der Waals surface area contributed by atoms with Gasteiger partial charge in [0.1, 0.15) is 5.15 Å². The molecule has 0 radical (unpaired) electrons. The van der Waals surface area contributed by atoms with Crippen LogP contribution in [0.3, 0.4) is 0 Å². The molecule has 8 heteroatoms. The van der Waals surface area contributed by atoms with E-state index in [4.69, 9.17) is 21.7 Å². The molecule has 1 aromatic heterocycles. The van der Waals surface area contributed by atoms with Crippen LogP contribution in [0.2, 0.25) is 5.15 Å². The van der Waals surface area contributed by atoms with E-state index in [1.807, 2.05) is 6.92 Å². The molecule has 7 nitrogen and oxygen atoms in total. The van der Waals surface area contributed by atoms with E-state index in [-0.39, 0.29) is 6.61 Å². The molecule has 3 N–H and O–H groups in total. The van der Waals surface area contributed by atoms with Crippen LogP contribution in [0.1, 0.15) is 18.1 Å². The van der Waals surface area contributed by atoms with Gasteiger partial charge in [0.05, 0.1) is 12.3 Å². The van der Waals surface area contributed by atoms with Gasteiger partial charge in [0.25, 0.3) is 0 Å². The monoisotopic (exact) mass is 333 g/mol. The lowest BCUT2D eigenvalue weighted by molar-refractivity contribution is 0.168. The van der Waals surface area contributed by atoms with Crippen molar-refractivity contribution in [1.29, 1.82) is 5.41 Å². The molecule has 1 aromatic carbocycles. The molecular weight excluding hydrogens is 318 g/mol. The van der Waals surface area contributed by atoms with Gasteiger partial charge >= 0.3 is 6.09 Å². The fourth-order valence-electron chi connectivity index (χ4n) is 1.76. The first kappa shape index (κ1) is 16.7. The van der Waals surface area contributed by atoms with E-state index in [0.29, 0.717) is 28.0 Å². The maximum absolute atomic E-state index is 11.6. The van der Waals surface area contributed by atoms with Crippen LogP contribution in [0.25, 0.3) is 0 Å². The second-order valence-corrected chi connectivity index (χ2v) is 4.94. The van der Waals surface area contributed by atoms with Crippen molar-refractivity contribution in [3.05, 3.63) is 40.7 Å².